The third-order valence-electron chi connectivity index (χ3n) is 2.74. The summed E-state index contributed by atoms with van der Waals surface area (Å²) in [5, 5.41) is 8.64. The Morgan fingerprint density at radius 3 is 2.79 bits per heavy atom. The number of nitrogens with zero attached hydrogens (tertiary/aromatic N) is 3. The van der Waals surface area contributed by atoms with Crippen molar-refractivity contribution >= 4 is 0 Å². The molecule has 2 rings (SSSR count). The van der Waals surface area contributed by atoms with Gasteiger partial charge >= 0.3 is 0 Å². The minimum Gasteiger partial charge on any atom is -0.496 e. The van der Waals surface area contributed by atoms with Crippen LogP contribution in [0.25, 0.3) is 11.3 Å². The lowest BCUT2D eigenvalue weighted by Gasteiger charge is -2.09. The van der Waals surface area contributed by atoms with Crippen LogP contribution in [0, 0.1) is 18.3 Å². The van der Waals surface area contributed by atoms with Gasteiger partial charge in [0, 0.05) is 24.1 Å². The first-order valence-corrected chi connectivity index (χ1v) is 6.09. The molecule has 96 valence electrons. The van der Waals surface area contributed by atoms with Gasteiger partial charge in [-0.15, -0.1) is 0 Å². The zero-order chi connectivity index (χ0) is 13.7. The monoisotopic (exact) mass is 253 g/mol. The number of nitriles is 1. The molecule has 1 aromatic heterocycles. The summed E-state index contributed by atoms with van der Waals surface area (Å²) in [4.78, 5) is 8.86. The number of benzene rings is 1. The third kappa shape index (κ3) is 3.08. The Bertz CT molecular complexity index is 617. The van der Waals surface area contributed by atoms with Crippen LogP contribution in [0.15, 0.2) is 30.3 Å². The van der Waals surface area contributed by atoms with E-state index in [1.165, 1.54) is 0 Å². The molecule has 2 aromatic rings. The van der Waals surface area contributed by atoms with Crippen LogP contribution in [0.5, 0.6) is 5.75 Å². The van der Waals surface area contributed by atoms with Crippen molar-refractivity contribution in [2.75, 3.05) is 7.11 Å². The molecule has 0 saturated heterocycles. The Kier molecular flexibility index (Phi) is 4.09. The van der Waals surface area contributed by atoms with Crippen LogP contribution in [0.4, 0.5) is 0 Å². The van der Waals surface area contributed by atoms with Gasteiger partial charge in [0.05, 0.1) is 18.9 Å². The summed E-state index contributed by atoms with van der Waals surface area (Å²) in [5.41, 5.74) is 2.66. The van der Waals surface area contributed by atoms with E-state index in [1.807, 2.05) is 37.3 Å². The molecule has 0 bridgehead atoms. The Hall–Kier alpha value is -2.41. The molecule has 1 aromatic carbocycles. The van der Waals surface area contributed by atoms with Crippen molar-refractivity contribution < 1.29 is 4.74 Å². The van der Waals surface area contributed by atoms with Crippen LogP contribution in [-0.2, 0) is 6.42 Å². The number of aromatic nitrogens is 2. The molecule has 0 amide bonds. The predicted octanol–water partition coefficient (Wildman–Crippen LogP) is 2.92. The second-order valence-corrected chi connectivity index (χ2v) is 4.17. The lowest BCUT2D eigenvalue weighted by molar-refractivity contribution is 0.416. The fourth-order valence-corrected chi connectivity index (χ4v) is 1.90. The first kappa shape index (κ1) is 13.0. The van der Waals surface area contributed by atoms with Crippen LogP contribution in [-0.4, -0.2) is 17.1 Å². The predicted molar refractivity (Wildman–Crippen MR) is 72.7 cm³/mol. The van der Waals surface area contributed by atoms with Crippen molar-refractivity contribution in [3.05, 3.63) is 41.9 Å². The highest BCUT2D eigenvalue weighted by molar-refractivity contribution is 5.67. The summed E-state index contributed by atoms with van der Waals surface area (Å²) in [6.07, 6.45) is 0.995. The van der Waals surface area contributed by atoms with Crippen LogP contribution >= 0.6 is 0 Å². The number of para-hydroxylation sites is 1. The van der Waals surface area contributed by atoms with Crippen molar-refractivity contribution in [1.29, 1.82) is 5.26 Å². The maximum absolute atomic E-state index is 8.64. The summed E-state index contributed by atoms with van der Waals surface area (Å²) in [5.74, 6) is 1.48. The molecule has 0 aliphatic heterocycles. The molecule has 0 aliphatic rings. The maximum atomic E-state index is 8.64. The summed E-state index contributed by atoms with van der Waals surface area (Å²) < 4.78 is 5.35. The number of hydrogen-bond donors (Lipinski definition) is 0. The average Bonchev–Trinajstić information content (AvgIpc) is 2.44. The summed E-state index contributed by atoms with van der Waals surface area (Å²) in [6.45, 7) is 1.93. The van der Waals surface area contributed by atoms with E-state index in [-0.39, 0.29) is 0 Å². The number of ether oxygens (including phenoxy) is 1. The summed E-state index contributed by atoms with van der Waals surface area (Å²) in [6, 6.07) is 11.8. The van der Waals surface area contributed by atoms with Gasteiger partial charge in [0.25, 0.3) is 0 Å². The highest BCUT2D eigenvalue weighted by Crippen LogP contribution is 2.28. The van der Waals surface area contributed by atoms with E-state index in [4.69, 9.17) is 10.00 Å². The molecule has 1 heterocycles. The number of hydrogen-bond acceptors (Lipinski definition) is 4. The van der Waals surface area contributed by atoms with E-state index in [2.05, 4.69) is 16.0 Å². The van der Waals surface area contributed by atoms with Crippen molar-refractivity contribution in [3.63, 3.8) is 0 Å². The second-order valence-electron chi connectivity index (χ2n) is 4.17. The van der Waals surface area contributed by atoms with Gasteiger partial charge in [-0.2, -0.15) is 5.26 Å². The quantitative estimate of drug-likeness (QED) is 0.840. The molecule has 0 atom stereocenters. The minimum absolute atomic E-state index is 0.425. The Morgan fingerprint density at radius 1 is 1.26 bits per heavy atom. The SMILES string of the molecule is COc1ccccc1-c1cc(C)nc(CCC#N)n1. The highest BCUT2D eigenvalue weighted by atomic mass is 16.5. The lowest BCUT2D eigenvalue weighted by atomic mass is 10.1. The molecular formula is C15H15N3O. The molecule has 4 heteroatoms. The van der Waals surface area contributed by atoms with Crippen molar-refractivity contribution in [2.24, 2.45) is 0 Å². The fourth-order valence-electron chi connectivity index (χ4n) is 1.90. The van der Waals surface area contributed by atoms with Gasteiger partial charge in [0.2, 0.25) is 0 Å². The molecule has 0 aliphatic carbocycles. The molecule has 0 N–H and O–H groups in total. The standard InChI is InChI=1S/C15H15N3O/c1-11-10-13(18-15(17-11)8-5-9-16)12-6-3-4-7-14(12)19-2/h3-4,6-7,10H,5,8H2,1-2H3. The average molecular weight is 253 g/mol. The number of rotatable bonds is 4. The second kappa shape index (κ2) is 5.96. The van der Waals surface area contributed by atoms with Gasteiger partial charge in [0.15, 0.2) is 0 Å². The normalized spacial score (nSPS) is 9.95. The lowest BCUT2D eigenvalue weighted by Crippen LogP contribution is -2.00. The highest BCUT2D eigenvalue weighted by Gasteiger charge is 2.09. The largest absolute Gasteiger partial charge is 0.496 e. The van der Waals surface area contributed by atoms with E-state index in [9.17, 15) is 0 Å². The number of methoxy groups -OCH3 is 1. The summed E-state index contributed by atoms with van der Waals surface area (Å²) >= 11 is 0. The molecule has 4 nitrogen and oxygen atoms in total. The van der Waals surface area contributed by atoms with E-state index in [1.54, 1.807) is 7.11 Å². The van der Waals surface area contributed by atoms with Crippen molar-refractivity contribution in [2.45, 2.75) is 19.8 Å². The fraction of sp³-hybridized carbons (Fsp3) is 0.267. The van der Waals surface area contributed by atoms with Crippen molar-refractivity contribution in [3.8, 4) is 23.1 Å². The van der Waals surface area contributed by atoms with Crippen molar-refractivity contribution in [1.82, 2.24) is 9.97 Å². The molecule has 0 unspecified atom stereocenters. The summed E-state index contributed by atoms with van der Waals surface area (Å²) in [7, 11) is 1.64. The molecule has 0 spiro atoms. The molecule has 0 saturated carbocycles. The van der Waals surface area contributed by atoms with Crippen LogP contribution in [0.2, 0.25) is 0 Å². The Balaban J connectivity index is 2.44. The van der Waals surface area contributed by atoms with Gasteiger partial charge in [0.1, 0.15) is 11.6 Å². The van der Waals surface area contributed by atoms with Crippen LogP contribution < -0.4 is 4.74 Å². The molecule has 0 fully saturated rings. The van der Waals surface area contributed by atoms with Gasteiger partial charge in [-0.1, -0.05) is 12.1 Å². The first-order chi connectivity index (χ1) is 9.24. The third-order valence-corrected chi connectivity index (χ3v) is 2.74. The van der Waals surface area contributed by atoms with Crippen LogP contribution in [0.1, 0.15) is 17.9 Å². The number of aryl methyl sites for hydroxylation is 2. The van der Waals surface area contributed by atoms with Gasteiger partial charge in [-0.25, -0.2) is 9.97 Å². The van der Waals surface area contributed by atoms with E-state index in [0.29, 0.717) is 18.7 Å². The molecular weight excluding hydrogens is 238 g/mol. The minimum atomic E-state index is 0.425. The Morgan fingerprint density at radius 2 is 2.05 bits per heavy atom. The topological polar surface area (TPSA) is 58.8 Å². The van der Waals surface area contributed by atoms with Gasteiger partial charge in [-0.3, -0.25) is 0 Å². The van der Waals surface area contributed by atoms with E-state index >= 15 is 0 Å². The zero-order valence-corrected chi connectivity index (χ0v) is 11.1. The Labute approximate surface area is 112 Å². The molecule has 0 radical (unpaired) electrons. The smallest absolute Gasteiger partial charge is 0.130 e. The zero-order valence-electron chi connectivity index (χ0n) is 11.1. The van der Waals surface area contributed by atoms with Crippen LogP contribution in [0.3, 0.4) is 0 Å². The maximum Gasteiger partial charge on any atom is 0.130 e. The first-order valence-electron chi connectivity index (χ1n) is 6.09. The van der Waals surface area contributed by atoms with Gasteiger partial charge < -0.3 is 4.74 Å². The van der Waals surface area contributed by atoms with E-state index in [0.717, 1.165) is 22.7 Å². The van der Waals surface area contributed by atoms with E-state index < -0.39 is 0 Å². The van der Waals surface area contributed by atoms with Gasteiger partial charge in [-0.05, 0) is 25.1 Å². The molecule has 19 heavy (non-hydrogen) atoms.